The summed E-state index contributed by atoms with van der Waals surface area (Å²) in [6, 6.07) is 23.9. The van der Waals surface area contributed by atoms with E-state index in [4.69, 9.17) is 11.4 Å². The molecule has 4 heteroatoms. The molecular formula is C40H38N4. The molecule has 3 atom stereocenters. The highest BCUT2D eigenvalue weighted by Gasteiger charge is 2.45. The van der Waals surface area contributed by atoms with Gasteiger partial charge in [0.15, 0.2) is 0 Å². The number of terminal acetylenes is 1. The first-order chi connectivity index (χ1) is 21.4. The lowest BCUT2D eigenvalue weighted by Crippen LogP contribution is -2.42. The van der Waals surface area contributed by atoms with Gasteiger partial charge in [0.2, 0.25) is 0 Å². The lowest BCUT2D eigenvalue weighted by atomic mass is 9.79. The van der Waals surface area contributed by atoms with Crippen LogP contribution >= 0.6 is 0 Å². The fourth-order valence-corrected chi connectivity index (χ4v) is 7.62. The van der Waals surface area contributed by atoms with Crippen LogP contribution < -0.4 is 15.1 Å². The quantitative estimate of drug-likeness (QED) is 0.189. The minimum absolute atomic E-state index is 0.0800. The van der Waals surface area contributed by atoms with Gasteiger partial charge in [-0.25, -0.2) is 0 Å². The summed E-state index contributed by atoms with van der Waals surface area (Å²) in [5.41, 5.74) is 11.6. The number of allylic oxidation sites excluding steroid dienone is 5. The molecule has 2 aliphatic heterocycles. The van der Waals surface area contributed by atoms with E-state index in [9.17, 15) is 0 Å². The summed E-state index contributed by atoms with van der Waals surface area (Å²) in [5.74, 6) is 2.78. The van der Waals surface area contributed by atoms with E-state index in [1.54, 1.807) is 6.08 Å². The fourth-order valence-electron chi connectivity index (χ4n) is 7.62. The molecule has 2 unspecified atom stereocenters. The van der Waals surface area contributed by atoms with Gasteiger partial charge in [0, 0.05) is 48.1 Å². The number of rotatable bonds is 5. The molecule has 218 valence electrons. The molecule has 0 bridgehead atoms. The van der Waals surface area contributed by atoms with Crippen LogP contribution in [-0.4, -0.2) is 18.1 Å². The zero-order valence-electron chi connectivity index (χ0n) is 25.7. The van der Waals surface area contributed by atoms with Crippen molar-refractivity contribution in [3.05, 3.63) is 155 Å². The van der Waals surface area contributed by atoms with Crippen LogP contribution in [0.1, 0.15) is 49.6 Å². The molecule has 1 N–H and O–H groups in total. The van der Waals surface area contributed by atoms with Crippen molar-refractivity contribution in [2.45, 2.75) is 44.2 Å². The molecule has 1 aromatic heterocycles. The van der Waals surface area contributed by atoms with Crippen molar-refractivity contribution in [2.75, 3.05) is 16.8 Å². The number of hydrogen-bond donors (Lipinski definition) is 1. The highest BCUT2D eigenvalue weighted by atomic mass is 15.2. The zero-order chi connectivity index (χ0) is 30.4. The van der Waals surface area contributed by atoms with Crippen molar-refractivity contribution in [1.29, 1.82) is 0 Å². The van der Waals surface area contributed by atoms with E-state index in [-0.39, 0.29) is 23.4 Å². The maximum atomic E-state index is 5.69. The first-order valence-electron chi connectivity index (χ1n) is 15.5. The number of aromatic nitrogens is 1. The lowest BCUT2D eigenvalue weighted by Gasteiger charge is -2.41. The smallest absolute Gasteiger partial charge is 0.0911 e. The third kappa shape index (κ3) is 4.35. The van der Waals surface area contributed by atoms with Crippen LogP contribution in [0.4, 0.5) is 11.4 Å². The number of pyridine rings is 1. The van der Waals surface area contributed by atoms with E-state index < -0.39 is 0 Å². The average Bonchev–Trinajstić information content (AvgIpc) is 3.20. The SMILES string of the molecule is C#C/C=C\C(=C)C1=C(N(C)c2ccccc2)c2ccccc2N(C2=CNC3C(=C2)C(C)(C)c2cccnc23)[C@H]2CCC=CC12. The second kappa shape index (κ2) is 10.9. The van der Waals surface area contributed by atoms with Crippen LogP contribution in [0.3, 0.4) is 0 Å². The molecule has 0 amide bonds. The first-order valence-corrected chi connectivity index (χ1v) is 15.5. The third-order valence-corrected chi connectivity index (χ3v) is 9.73. The first kappa shape index (κ1) is 27.8. The molecule has 44 heavy (non-hydrogen) atoms. The second-order valence-electron chi connectivity index (χ2n) is 12.5. The Labute approximate surface area is 261 Å². The van der Waals surface area contributed by atoms with Gasteiger partial charge in [-0.3, -0.25) is 4.98 Å². The van der Waals surface area contributed by atoms with Crippen molar-refractivity contribution in [2.24, 2.45) is 5.92 Å². The van der Waals surface area contributed by atoms with Gasteiger partial charge in [-0.2, -0.15) is 0 Å². The number of nitrogens with one attached hydrogen (secondary N) is 1. The summed E-state index contributed by atoms with van der Waals surface area (Å²) >= 11 is 0. The monoisotopic (exact) mass is 574 g/mol. The van der Waals surface area contributed by atoms with Gasteiger partial charge in [0.1, 0.15) is 0 Å². The number of nitrogens with zero attached hydrogens (tertiary/aromatic N) is 3. The number of hydrogen-bond acceptors (Lipinski definition) is 4. The van der Waals surface area contributed by atoms with Crippen LogP contribution in [0, 0.1) is 18.3 Å². The predicted octanol–water partition coefficient (Wildman–Crippen LogP) is 8.23. The summed E-state index contributed by atoms with van der Waals surface area (Å²) in [4.78, 5) is 9.70. The van der Waals surface area contributed by atoms with Crippen LogP contribution in [0.2, 0.25) is 0 Å². The van der Waals surface area contributed by atoms with Gasteiger partial charge in [0.05, 0.1) is 28.8 Å². The molecule has 0 saturated heterocycles. The highest BCUT2D eigenvalue weighted by Crippen LogP contribution is 2.52. The number of anilines is 2. The molecule has 7 rings (SSSR count). The number of fused-ring (bicyclic) bond motifs is 5. The molecule has 3 aromatic rings. The number of para-hydroxylation sites is 2. The van der Waals surface area contributed by atoms with E-state index in [0.29, 0.717) is 0 Å². The summed E-state index contributed by atoms with van der Waals surface area (Å²) in [6.07, 6.45) is 22.7. The Bertz CT molecular complexity index is 1830. The Kier molecular flexibility index (Phi) is 6.90. The van der Waals surface area contributed by atoms with Gasteiger partial charge in [-0.15, -0.1) is 6.42 Å². The molecule has 0 saturated carbocycles. The molecule has 0 fully saturated rings. The Hall–Kier alpha value is -5.01. The normalized spacial score (nSPS) is 22.9. The Balaban J connectivity index is 1.44. The summed E-state index contributed by atoms with van der Waals surface area (Å²) in [6.45, 7) is 9.25. The molecule has 0 radical (unpaired) electrons. The highest BCUT2D eigenvalue weighted by molar-refractivity contribution is 5.91. The largest absolute Gasteiger partial charge is 0.377 e. The van der Waals surface area contributed by atoms with E-state index in [0.717, 1.165) is 35.5 Å². The summed E-state index contributed by atoms with van der Waals surface area (Å²) in [7, 11) is 2.16. The molecule has 3 heterocycles. The molecule has 2 aliphatic carbocycles. The standard InChI is InChI=1S/C40H38N4/c1-6-7-16-27(2)36-30-19-11-13-22-34(30)44(29-25-33-38(42-26-29)37-32(40(33,3)4)21-15-24-41-37)35-23-14-12-20-31(35)39(36)43(5)28-17-9-8-10-18-28/h1,7-12,14-21,23-26,30,34,38,42H,2,13,22H2,3-5H3/b16-7-/t30?,34-,38?/m0/s1. The van der Waals surface area contributed by atoms with Crippen LogP contribution in [0.15, 0.2) is 139 Å². The summed E-state index contributed by atoms with van der Waals surface area (Å²) in [5, 5.41) is 3.78. The van der Waals surface area contributed by atoms with Gasteiger partial charge < -0.3 is 15.1 Å². The number of dihydropyridines is 1. The van der Waals surface area contributed by atoms with Gasteiger partial charge in [-0.1, -0.05) is 81.0 Å². The second-order valence-corrected chi connectivity index (χ2v) is 12.5. The Morgan fingerprint density at radius 2 is 1.91 bits per heavy atom. The average molecular weight is 575 g/mol. The third-order valence-electron chi connectivity index (χ3n) is 9.73. The van der Waals surface area contributed by atoms with Gasteiger partial charge in [0.25, 0.3) is 0 Å². The van der Waals surface area contributed by atoms with E-state index in [1.165, 1.54) is 33.7 Å². The summed E-state index contributed by atoms with van der Waals surface area (Å²) < 4.78 is 0. The van der Waals surface area contributed by atoms with Crippen LogP contribution in [0.5, 0.6) is 0 Å². The predicted molar refractivity (Wildman–Crippen MR) is 183 cm³/mol. The van der Waals surface area contributed by atoms with Crippen molar-refractivity contribution >= 4 is 17.1 Å². The van der Waals surface area contributed by atoms with E-state index >= 15 is 0 Å². The zero-order valence-corrected chi connectivity index (χ0v) is 25.7. The Morgan fingerprint density at radius 1 is 1.11 bits per heavy atom. The molecule has 4 aliphatic rings. The maximum Gasteiger partial charge on any atom is 0.0911 e. The van der Waals surface area contributed by atoms with Gasteiger partial charge in [-0.05, 0) is 77.6 Å². The maximum absolute atomic E-state index is 5.69. The lowest BCUT2D eigenvalue weighted by molar-refractivity contribution is 0.489. The van der Waals surface area contributed by atoms with Crippen LogP contribution in [-0.2, 0) is 5.41 Å². The van der Waals surface area contributed by atoms with Crippen molar-refractivity contribution in [3.8, 4) is 12.3 Å². The fraction of sp³-hybridized carbons (Fsp3) is 0.225. The molecule has 4 nitrogen and oxygen atoms in total. The molecule has 2 aromatic carbocycles. The minimum atomic E-state index is -0.131. The van der Waals surface area contributed by atoms with Crippen LogP contribution in [0.25, 0.3) is 5.70 Å². The number of benzene rings is 2. The Morgan fingerprint density at radius 3 is 2.73 bits per heavy atom. The minimum Gasteiger partial charge on any atom is -0.377 e. The topological polar surface area (TPSA) is 31.4 Å². The van der Waals surface area contributed by atoms with Crippen molar-refractivity contribution < 1.29 is 0 Å². The van der Waals surface area contributed by atoms with E-state index in [1.807, 2.05) is 12.3 Å². The van der Waals surface area contributed by atoms with Crippen molar-refractivity contribution in [3.63, 3.8) is 0 Å². The van der Waals surface area contributed by atoms with E-state index in [2.05, 4.69) is 140 Å². The molecular weight excluding hydrogens is 536 g/mol. The van der Waals surface area contributed by atoms with Gasteiger partial charge >= 0.3 is 0 Å². The molecule has 0 spiro atoms. The van der Waals surface area contributed by atoms with Crippen molar-refractivity contribution in [1.82, 2.24) is 10.3 Å².